The zero-order valence-corrected chi connectivity index (χ0v) is 10.6. The topological polar surface area (TPSA) is 83.6 Å². The monoisotopic (exact) mass is 254 g/mol. The van der Waals surface area contributed by atoms with Crippen molar-refractivity contribution in [2.24, 2.45) is 5.73 Å². The van der Waals surface area contributed by atoms with Crippen LogP contribution >= 0.6 is 12.2 Å². The molecule has 0 aromatic carbocycles. The molecule has 3 N–H and O–H groups in total. The molecule has 15 heavy (non-hydrogen) atoms. The Bertz CT molecular complexity index is 303. The standard InChI is InChI=1S/C8H18N2O3S2/c1-3-10(5-4-6-11)15(12,13)7(2)8(9)14/h7,11H,3-6H2,1-2H3,(H2,9,14). The lowest BCUT2D eigenvalue weighted by Gasteiger charge is -2.23. The fourth-order valence-corrected chi connectivity index (χ4v) is 2.93. The summed E-state index contributed by atoms with van der Waals surface area (Å²) in [4.78, 5) is -0.0301. The van der Waals surface area contributed by atoms with Crippen LogP contribution in [0.25, 0.3) is 0 Å². The van der Waals surface area contributed by atoms with Gasteiger partial charge in [0.2, 0.25) is 10.0 Å². The van der Waals surface area contributed by atoms with Gasteiger partial charge in [-0.05, 0) is 13.3 Å². The third-order valence-corrected chi connectivity index (χ3v) is 4.94. The highest BCUT2D eigenvalue weighted by Gasteiger charge is 2.29. The van der Waals surface area contributed by atoms with Gasteiger partial charge in [-0.15, -0.1) is 0 Å². The Labute approximate surface area is 96.3 Å². The molecular formula is C8H18N2O3S2. The van der Waals surface area contributed by atoms with Crippen LogP contribution in [-0.2, 0) is 10.0 Å². The molecule has 0 aromatic rings. The van der Waals surface area contributed by atoms with Gasteiger partial charge in [-0.1, -0.05) is 19.1 Å². The van der Waals surface area contributed by atoms with Crippen LogP contribution in [0, 0.1) is 0 Å². The Morgan fingerprint density at radius 2 is 2.13 bits per heavy atom. The van der Waals surface area contributed by atoms with Crippen LogP contribution in [-0.4, -0.2) is 47.8 Å². The molecule has 1 atom stereocenters. The maximum Gasteiger partial charge on any atom is 0.223 e. The SMILES string of the molecule is CCN(CCCO)S(=O)(=O)C(C)C(N)=S. The van der Waals surface area contributed by atoms with Crippen molar-refractivity contribution in [2.75, 3.05) is 19.7 Å². The van der Waals surface area contributed by atoms with Gasteiger partial charge < -0.3 is 10.8 Å². The summed E-state index contributed by atoms with van der Waals surface area (Å²) >= 11 is 4.67. The molecule has 0 aliphatic rings. The normalized spacial score (nSPS) is 14.1. The van der Waals surface area contributed by atoms with E-state index in [1.807, 2.05) is 0 Å². The Morgan fingerprint density at radius 1 is 1.60 bits per heavy atom. The molecule has 0 spiro atoms. The van der Waals surface area contributed by atoms with E-state index in [2.05, 4.69) is 12.2 Å². The number of nitrogens with zero attached hydrogens (tertiary/aromatic N) is 1. The highest BCUT2D eigenvalue weighted by Crippen LogP contribution is 2.09. The number of nitrogens with two attached hydrogens (primary N) is 1. The molecule has 5 nitrogen and oxygen atoms in total. The van der Waals surface area contributed by atoms with E-state index in [1.54, 1.807) is 6.92 Å². The van der Waals surface area contributed by atoms with Crippen molar-refractivity contribution in [3.8, 4) is 0 Å². The minimum Gasteiger partial charge on any atom is -0.396 e. The van der Waals surface area contributed by atoms with Crippen LogP contribution in [0.2, 0.25) is 0 Å². The molecule has 0 aromatic heterocycles. The van der Waals surface area contributed by atoms with Crippen molar-refractivity contribution in [1.82, 2.24) is 4.31 Å². The predicted molar refractivity (Wildman–Crippen MR) is 64.1 cm³/mol. The van der Waals surface area contributed by atoms with E-state index >= 15 is 0 Å². The summed E-state index contributed by atoms with van der Waals surface area (Å²) in [5.41, 5.74) is 5.32. The molecule has 0 fully saturated rings. The van der Waals surface area contributed by atoms with Gasteiger partial charge in [0.05, 0.1) is 4.99 Å². The van der Waals surface area contributed by atoms with E-state index in [0.717, 1.165) is 0 Å². The lowest BCUT2D eigenvalue weighted by molar-refractivity contribution is 0.271. The molecule has 1 unspecified atom stereocenters. The van der Waals surface area contributed by atoms with Crippen LogP contribution in [0.3, 0.4) is 0 Å². The number of hydrogen-bond donors (Lipinski definition) is 2. The first-order valence-electron chi connectivity index (χ1n) is 4.77. The number of thiocarbonyl (C=S) groups is 1. The van der Waals surface area contributed by atoms with Crippen molar-refractivity contribution in [3.05, 3.63) is 0 Å². The van der Waals surface area contributed by atoms with Gasteiger partial charge in [0.15, 0.2) is 0 Å². The molecule has 0 radical (unpaired) electrons. The molecule has 90 valence electrons. The largest absolute Gasteiger partial charge is 0.396 e. The van der Waals surface area contributed by atoms with Crippen molar-refractivity contribution < 1.29 is 13.5 Å². The first-order chi connectivity index (χ1) is 6.87. The second kappa shape index (κ2) is 6.37. The van der Waals surface area contributed by atoms with Gasteiger partial charge in [0.1, 0.15) is 5.25 Å². The number of hydrogen-bond acceptors (Lipinski definition) is 4. The number of aliphatic hydroxyl groups is 1. The zero-order chi connectivity index (χ0) is 12.1. The van der Waals surface area contributed by atoms with E-state index in [4.69, 9.17) is 10.8 Å². The molecule has 0 rings (SSSR count). The van der Waals surface area contributed by atoms with Crippen LogP contribution in [0.1, 0.15) is 20.3 Å². The maximum atomic E-state index is 11.9. The minimum absolute atomic E-state index is 0.0301. The summed E-state index contributed by atoms with van der Waals surface area (Å²) in [6.45, 7) is 3.82. The van der Waals surface area contributed by atoms with E-state index in [0.29, 0.717) is 19.5 Å². The molecule has 0 bridgehead atoms. The van der Waals surface area contributed by atoms with Crippen molar-refractivity contribution in [1.29, 1.82) is 0 Å². The highest BCUT2D eigenvalue weighted by molar-refractivity contribution is 7.92. The van der Waals surface area contributed by atoms with Crippen LogP contribution in [0.15, 0.2) is 0 Å². The Morgan fingerprint density at radius 3 is 2.47 bits per heavy atom. The lowest BCUT2D eigenvalue weighted by atomic mass is 10.4. The molecule has 0 amide bonds. The number of sulfonamides is 1. The van der Waals surface area contributed by atoms with E-state index in [1.165, 1.54) is 11.2 Å². The van der Waals surface area contributed by atoms with E-state index < -0.39 is 15.3 Å². The van der Waals surface area contributed by atoms with Gasteiger partial charge in [-0.2, -0.15) is 0 Å². The quantitative estimate of drug-likeness (QED) is 0.609. The minimum atomic E-state index is -3.47. The predicted octanol–water partition coefficient (Wildman–Crippen LogP) is -0.305. The average molecular weight is 254 g/mol. The van der Waals surface area contributed by atoms with Crippen molar-refractivity contribution in [2.45, 2.75) is 25.5 Å². The Balaban J connectivity index is 4.73. The van der Waals surface area contributed by atoms with Crippen molar-refractivity contribution >= 4 is 27.2 Å². The molecule has 0 saturated heterocycles. The summed E-state index contributed by atoms with van der Waals surface area (Å²) < 4.78 is 25.1. The van der Waals surface area contributed by atoms with Gasteiger partial charge in [0, 0.05) is 19.7 Å². The van der Waals surface area contributed by atoms with E-state index in [9.17, 15) is 8.42 Å². The van der Waals surface area contributed by atoms with Crippen molar-refractivity contribution in [3.63, 3.8) is 0 Å². The summed E-state index contributed by atoms with van der Waals surface area (Å²) in [5, 5.41) is 7.80. The highest BCUT2D eigenvalue weighted by atomic mass is 32.2. The fraction of sp³-hybridized carbons (Fsp3) is 0.875. The molecular weight excluding hydrogens is 236 g/mol. The number of aliphatic hydroxyl groups excluding tert-OH is 1. The average Bonchev–Trinajstić information content (AvgIpc) is 2.17. The smallest absolute Gasteiger partial charge is 0.223 e. The number of rotatable bonds is 7. The summed E-state index contributed by atoms with van der Waals surface area (Å²) in [5.74, 6) is 0. The van der Waals surface area contributed by atoms with Crippen LogP contribution < -0.4 is 5.73 Å². The first kappa shape index (κ1) is 14.8. The lowest BCUT2D eigenvalue weighted by Crippen LogP contribution is -2.43. The summed E-state index contributed by atoms with van der Waals surface area (Å²) in [7, 11) is -3.47. The van der Waals surface area contributed by atoms with E-state index in [-0.39, 0.29) is 11.6 Å². The second-order valence-electron chi connectivity index (χ2n) is 3.16. The Hall–Kier alpha value is -0.240. The third-order valence-electron chi connectivity index (χ3n) is 2.13. The first-order valence-corrected chi connectivity index (χ1v) is 6.68. The van der Waals surface area contributed by atoms with Crippen LogP contribution in [0.5, 0.6) is 0 Å². The maximum absolute atomic E-state index is 11.9. The molecule has 0 saturated carbocycles. The zero-order valence-electron chi connectivity index (χ0n) is 9.01. The van der Waals surface area contributed by atoms with Crippen LogP contribution in [0.4, 0.5) is 0 Å². The molecule has 0 heterocycles. The van der Waals surface area contributed by atoms with Gasteiger partial charge >= 0.3 is 0 Å². The Kier molecular flexibility index (Phi) is 6.26. The second-order valence-corrected chi connectivity index (χ2v) is 5.88. The van der Waals surface area contributed by atoms with Gasteiger partial charge in [-0.25, -0.2) is 12.7 Å². The fourth-order valence-electron chi connectivity index (χ4n) is 1.08. The van der Waals surface area contributed by atoms with Gasteiger partial charge in [0.25, 0.3) is 0 Å². The molecule has 0 aliphatic heterocycles. The molecule has 7 heteroatoms. The third kappa shape index (κ3) is 4.02. The van der Waals surface area contributed by atoms with Gasteiger partial charge in [-0.3, -0.25) is 0 Å². The summed E-state index contributed by atoms with van der Waals surface area (Å²) in [6, 6.07) is 0. The summed E-state index contributed by atoms with van der Waals surface area (Å²) in [6.07, 6.45) is 0.414. The molecule has 0 aliphatic carbocycles.